The molecule has 0 heterocycles. The van der Waals surface area contributed by atoms with E-state index in [9.17, 15) is 0 Å². The fraction of sp³-hybridized carbons (Fsp3) is 0.286. The van der Waals surface area contributed by atoms with Gasteiger partial charge in [-0.05, 0) is 34.6 Å². The van der Waals surface area contributed by atoms with E-state index in [2.05, 4.69) is 49.4 Å². The highest BCUT2D eigenvalue weighted by Gasteiger charge is 2.34. The molecule has 0 nitrogen and oxygen atoms in total. The van der Waals surface area contributed by atoms with Gasteiger partial charge in [-0.2, -0.15) is 0 Å². The van der Waals surface area contributed by atoms with Gasteiger partial charge in [0, 0.05) is 0 Å². The molecule has 1 fully saturated rings. The van der Waals surface area contributed by atoms with Crippen LogP contribution in [0.3, 0.4) is 0 Å². The topological polar surface area (TPSA) is 0 Å². The Labute approximate surface area is 84.6 Å². The Bertz CT molecular complexity index is 465. The minimum Gasteiger partial charge on any atom is -0.0619 e. The van der Waals surface area contributed by atoms with Crippen LogP contribution >= 0.6 is 0 Å². The molecule has 0 aliphatic heterocycles. The predicted octanol–water partition coefficient (Wildman–Crippen LogP) is 3.96. The van der Waals surface area contributed by atoms with Gasteiger partial charge in [-0.1, -0.05) is 49.4 Å². The van der Waals surface area contributed by atoms with Crippen LogP contribution in [0, 0.1) is 5.92 Å². The van der Waals surface area contributed by atoms with Crippen molar-refractivity contribution in [2.24, 2.45) is 5.92 Å². The molecular formula is C14H14. The summed E-state index contributed by atoms with van der Waals surface area (Å²) in [4.78, 5) is 0. The highest BCUT2D eigenvalue weighted by Crippen LogP contribution is 2.48. The van der Waals surface area contributed by atoms with Crippen molar-refractivity contribution in [1.82, 2.24) is 0 Å². The molecule has 2 aromatic carbocycles. The summed E-state index contributed by atoms with van der Waals surface area (Å²) in [7, 11) is 0. The molecule has 0 saturated heterocycles. The Kier molecular flexibility index (Phi) is 1.63. The van der Waals surface area contributed by atoms with E-state index in [-0.39, 0.29) is 0 Å². The zero-order chi connectivity index (χ0) is 9.54. The highest BCUT2D eigenvalue weighted by atomic mass is 14.4. The van der Waals surface area contributed by atoms with Crippen LogP contribution in [0.25, 0.3) is 10.8 Å². The second-order valence-corrected chi connectivity index (χ2v) is 4.39. The van der Waals surface area contributed by atoms with Crippen LogP contribution in [0.2, 0.25) is 0 Å². The van der Waals surface area contributed by atoms with Gasteiger partial charge in [0.25, 0.3) is 0 Å². The van der Waals surface area contributed by atoms with Crippen molar-refractivity contribution in [3.05, 3.63) is 48.0 Å². The van der Waals surface area contributed by atoms with E-state index in [1.807, 2.05) is 0 Å². The van der Waals surface area contributed by atoms with Gasteiger partial charge in [-0.25, -0.2) is 0 Å². The van der Waals surface area contributed by atoms with Crippen LogP contribution in [0.1, 0.15) is 24.8 Å². The van der Waals surface area contributed by atoms with Crippen LogP contribution in [-0.2, 0) is 0 Å². The molecule has 1 saturated carbocycles. The maximum atomic E-state index is 2.34. The van der Waals surface area contributed by atoms with Crippen molar-refractivity contribution in [2.45, 2.75) is 19.3 Å². The lowest BCUT2D eigenvalue weighted by molar-refractivity contribution is 0.920. The van der Waals surface area contributed by atoms with Crippen LogP contribution in [0.5, 0.6) is 0 Å². The highest BCUT2D eigenvalue weighted by molar-refractivity contribution is 5.86. The monoisotopic (exact) mass is 182 g/mol. The Morgan fingerprint density at radius 2 is 1.71 bits per heavy atom. The van der Waals surface area contributed by atoms with Crippen molar-refractivity contribution in [2.75, 3.05) is 0 Å². The van der Waals surface area contributed by atoms with Crippen molar-refractivity contribution in [1.29, 1.82) is 0 Å². The Morgan fingerprint density at radius 1 is 1.00 bits per heavy atom. The second-order valence-electron chi connectivity index (χ2n) is 4.39. The smallest absolute Gasteiger partial charge is 0.0127 e. The Balaban J connectivity index is 2.23. The average Bonchev–Trinajstić information content (AvgIpc) is 2.95. The molecule has 2 atom stereocenters. The Morgan fingerprint density at radius 3 is 2.50 bits per heavy atom. The molecule has 0 bridgehead atoms. The lowest BCUT2D eigenvalue weighted by Crippen LogP contribution is -1.83. The van der Waals surface area contributed by atoms with Gasteiger partial charge in [-0.3, -0.25) is 0 Å². The first-order chi connectivity index (χ1) is 6.86. The zero-order valence-electron chi connectivity index (χ0n) is 8.40. The average molecular weight is 182 g/mol. The third kappa shape index (κ3) is 1.14. The summed E-state index contributed by atoms with van der Waals surface area (Å²) in [5.41, 5.74) is 1.55. The second kappa shape index (κ2) is 2.84. The van der Waals surface area contributed by atoms with Crippen LogP contribution in [0.4, 0.5) is 0 Å². The maximum absolute atomic E-state index is 2.34. The first kappa shape index (κ1) is 8.05. The van der Waals surface area contributed by atoms with Crippen molar-refractivity contribution in [3.63, 3.8) is 0 Å². The summed E-state index contributed by atoms with van der Waals surface area (Å²) in [5.74, 6) is 1.71. The van der Waals surface area contributed by atoms with Gasteiger partial charge in [-0.15, -0.1) is 0 Å². The van der Waals surface area contributed by atoms with E-state index in [4.69, 9.17) is 0 Å². The minimum atomic E-state index is 0.820. The maximum Gasteiger partial charge on any atom is -0.0127 e. The molecule has 0 spiro atoms. The molecule has 0 amide bonds. The van der Waals surface area contributed by atoms with Gasteiger partial charge in [0.2, 0.25) is 0 Å². The third-order valence-electron chi connectivity index (χ3n) is 3.33. The summed E-state index contributed by atoms with van der Waals surface area (Å²) in [6.07, 6.45) is 1.37. The van der Waals surface area contributed by atoms with E-state index in [0.29, 0.717) is 0 Å². The number of hydrogen-bond donors (Lipinski definition) is 0. The molecule has 3 rings (SSSR count). The lowest BCUT2D eigenvalue weighted by atomic mass is 10.0. The first-order valence-electron chi connectivity index (χ1n) is 5.34. The molecule has 0 N–H and O–H groups in total. The fourth-order valence-corrected chi connectivity index (χ4v) is 2.33. The van der Waals surface area contributed by atoms with Crippen molar-refractivity contribution < 1.29 is 0 Å². The standard InChI is InChI=1S/C14H14/c1-10-9-14(10)13-8-4-6-11-5-2-3-7-12(11)13/h2-8,10,14H,9H2,1H3. The van der Waals surface area contributed by atoms with Crippen LogP contribution in [0.15, 0.2) is 42.5 Å². The molecule has 0 heteroatoms. The third-order valence-corrected chi connectivity index (χ3v) is 3.33. The van der Waals surface area contributed by atoms with E-state index in [0.717, 1.165) is 11.8 Å². The summed E-state index contributed by atoms with van der Waals surface area (Å²) >= 11 is 0. The van der Waals surface area contributed by atoms with Crippen molar-refractivity contribution in [3.8, 4) is 0 Å². The lowest BCUT2D eigenvalue weighted by Gasteiger charge is -2.04. The molecule has 0 aromatic heterocycles. The largest absolute Gasteiger partial charge is 0.0619 e. The molecule has 0 radical (unpaired) electrons. The zero-order valence-corrected chi connectivity index (χ0v) is 8.40. The summed E-state index contributed by atoms with van der Waals surface area (Å²) in [5, 5.41) is 2.83. The molecule has 1 aliphatic carbocycles. The van der Waals surface area contributed by atoms with E-state index in [1.54, 1.807) is 5.56 Å². The van der Waals surface area contributed by atoms with Gasteiger partial charge < -0.3 is 0 Å². The Hall–Kier alpha value is -1.30. The SMILES string of the molecule is CC1CC1c1cccc2ccccc12. The normalized spacial score (nSPS) is 25.2. The van der Waals surface area contributed by atoms with Gasteiger partial charge in [0.1, 0.15) is 0 Å². The summed E-state index contributed by atoms with van der Waals surface area (Å²) in [6.45, 7) is 2.34. The molecule has 14 heavy (non-hydrogen) atoms. The molecule has 70 valence electrons. The predicted molar refractivity (Wildman–Crippen MR) is 60.5 cm³/mol. The molecular weight excluding hydrogens is 168 g/mol. The molecule has 2 unspecified atom stereocenters. The number of rotatable bonds is 1. The molecule has 2 aromatic rings. The minimum absolute atomic E-state index is 0.820. The van der Waals surface area contributed by atoms with Crippen LogP contribution in [-0.4, -0.2) is 0 Å². The van der Waals surface area contributed by atoms with Crippen molar-refractivity contribution >= 4 is 10.8 Å². The first-order valence-corrected chi connectivity index (χ1v) is 5.34. The van der Waals surface area contributed by atoms with Gasteiger partial charge in [0.05, 0.1) is 0 Å². The van der Waals surface area contributed by atoms with E-state index >= 15 is 0 Å². The van der Waals surface area contributed by atoms with Gasteiger partial charge >= 0.3 is 0 Å². The number of fused-ring (bicyclic) bond motifs is 1. The summed E-state index contributed by atoms with van der Waals surface area (Å²) in [6, 6.07) is 15.4. The molecule has 1 aliphatic rings. The number of benzene rings is 2. The van der Waals surface area contributed by atoms with E-state index < -0.39 is 0 Å². The number of hydrogen-bond acceptors (Lipinski definition) is 0. The quantitative estimate of drug-likeness (QED) is 0.626. The van der Waals surface area contributed by atoms with Gasteiger partial charge in [0.15, 0.2) is 0 Å². The van der Waals surface area contributed by atoms with E-state index in [1.165, 1.54) is 17.2 Å². The summed E-state index contributed by atoms with van der Waals surface area (Å²) < 4.78 is 0. The van der Waals surface area contributed by atoms with Crippen LogP contribution < -0.4 is 0 Å². The fourth-order valence-electron chi connectivity index (χ4n) is 2.33.